The molecule has 1 N–H and O–H groups in total. The van der Waals surface area contributed by atoms with Gasteiger partial charge in [-0.1, -0.05) is 12.5 Å². The van der Waals surface area contributed by atoms with E-state index in [2.05, 4.69) is 5.10 Å². The van der Waals surface area contributed by atoms with E-state index in [9.17, 15) is 22.8 Å². The van der Waals surface area contributed by atoms with E-state index in [1.165, 1.54) is 12.1 Å². The number of hydrogen-bond donors (Lipinski definition) is 1. The molecule has 0 bridgehead atoms. The summed E-state index contributed by atoms with van der Waals surface area (Å²) in [6, 6.07) is 2.79. The van der Waals surface area contributed by atoms with Crippen molar-refractivity contribution in [3.05, 3.63) is 39.6 Å². The number of halogens is 3. The molecule has 2 aromatic rings. The van der Waals surface area contributed by atoms with Crippen LogP contribution in [-0.2, 0) is 11.3 Å². The number of carboxylic acid groups (broad SMARTS) is 1. The number of nitrogens with zero attached hydrogens (tertiary/aromatic N) is 2. The summed E-state index contributed by atoms with van der Waals surface area (Å²) in [6.07, 6.45) is -0.983. The Balaban J connectivity index is 2.21. The molecule has 0 unspecified atom stereocenters. The predicted molar refractivity (Wildman–Crippen MR) is 79.8 cm³/mol. The first-order valence-electron chi connectivity index (χ1n) is 7.63. The van der Waals surface area contributed by atoms with Gasteiger partial charge in [0.15, 0.2) is 0 Å². The number of rotatable bonds is 5. The first-order valence-corrected chi connectivity index (χ1v) is 7.63. The van der Waals surface area contributed by atoms with Gasteiger partial charge in [-0.3, -0.25) is 9.59 Å². The Bertz CT molecular complexity index is 860. The van der Waals surface area contributed by atoms with Gasteiger partial charge in [0, 0.05) is 0 Å². The second-order valence-corrected chi connectivity index (χ2v) is 5.88. The van der Waals surface area contributed by atoms with Crippen LogP contribution in [0.3, 0.4) is 0 Å². The molecule has 3 rings (SSSR count). The molecule has 5 nitrogen and oxygen atoms in total. The highest BCUT2D eigenvalue weighted by Gasteiger charge is 2.27. The number of hydrogen-bond acceptors (Lipinski definition) is 3. The van der Waals surface area contributed by atoms with Crippen LogP contribution < -0.4 is 5.56 Å². The lowest BCUT2D eigenvalue weighted by Gasteiger charge is -2.26. The standard InChI is InChI=1S/C16H15F3N2O3/c17-13-9(8-2-1-3-8)4-5-10-12(13)14(15(18)19)20-21(16(10)24)7-6-11(22)23/h4-5,8,15H,1-3,6-7H2,(H,22,23). The Hall–Kier alpha value is -2.38. The maximum absolute atomic E-state index is 14.8. The molecule has 1 saturated carbocycles. The molecule has 1 aromatic carbocycles. The van der Waals surface area contributed by atoms with Crippen LogP contribution in [0, 0.1) is 5.82 Å². The minimum Gasteiger partial charge on any atom is -0.481 e. The zero-order valence-electron chi connectivity index (χ0n) is 12.6. The number of carbonyl (C=O) groups is 1. The molecule has 1 aromatic heterocycles. The maximum atomic E-state index is 14.8. The lowest BCUT2D eigenvalue weighted by atomic mass is 9.79. The van der Waals surface area contributed by atoms with Gasteiger partial charge in [0.25, 0.3) is 12.0 Å². The van der Waals surface area contributed by atoms with Crippen LogP contribution >= 0.6 is 0 Å². The van der Waals surface area contributed by atoms with Gasteiger partial charge in [-0.15, -0.1) is 0 Å². The summed E-state index contributed by atoms with van der Waals surface area (Å²) in [7, 11) is 0. The molecule has 0 atom stereocenters. The predicted octanol–water partition coefficient (Wildman–Crippen LogP) is 3.22. The molecule has 1 fully saturated rings. The van der Waals surface area contributed by atoms with Gasteiger partial charge in [-0.25, -0.2) is 17.9 Å². The molecular formula is C16H15F3N2O3. The third-order valence-corrected chi connectivity index (χ3v) is 4.41. The molecule has 0 amide bonds. The lowest BCUT2D eigenvalue weighted by molar-refractivity contribution is -0.137. The molecule has 0 spiro atoms. The first kappa shape index (κ1) is 16.5. The number of aryl methyl sites for hydroxylation is 1. The molecule has 8 heteroatoms. The lowest BCUT2D eigenvalue weighted by Crippen LogP contribution is -2.26. The molecule has 0 aliphatic heterocycles. The Morgan fingerprint density at radius 2 is 2.08 bits per heavy atom. The van der Waals surface area contributed by atoms with Crippen molar-refractivity contribution in [1.82, 2.24) is 9.78 Å². The normalized spacial score (nSPS) is 15.0. The zero-order valence-corrected chi connectivity index (χ0v) is 12.6. The van der Waals surface area contributed by atoms with Gasteiger partial charge in [-0.05, 0) is 30.4 Å². The molecule has 128 valence electrons. The van der Waals surface area contributed by atoms with Crippen LogP contribution in [0.5, 0.6) is 0 Å². The van der Waals surface area contributed by atoms with Crippen molar-refractivity contribution in [2.75, 3.05) is 0 Å². The Kier molecular flexibility index (Phi) is 4.29. The van der Waals surface area contributed by atoms with Crippen LogP contribution in [-0.4, -0.2) is 20.9 Å². The molecular weight excluding hydrogens is 325 g/mol. The summed E-state index contributed by atoms with van der Waals surface area (Å²) in [6.45, 7) is -0.351. The van der Waals surface area contributed by atoms with Gasteiger partial charge in [0.05, 0.1) is 23.7 Å². The van der Waals surface area contributed by atoms with Crippen molar-refractivity contribution in [1.29, 1.82) is 0 Å². The fourth-order valence-electron chi connectivity index (χ4n) is 2.93. The van der Waals surface area contributed by atoms with E-state index in [1.807, 2.05) is 0 Å². The summed E-state index contributed by atoms with van der Waals surface area (Å²) in [5, 5.41) is 11.6. The van der Waals surface area contributed by atoms with E-state index >= 15 is 0 Å². The summed E-state index contributed by atoms with van der Waals surface area (Å²) >= 11 is 0. The quantitative estimate of drug-likeness (QED) is 0.907. The number of fused-ring (bicyclic) bond motifs is 1. The van der Waals surface area contributed by atoms with E-state index in [4.69, 9.17) is 5.11 Å². The minimum atomic E-state index is -3.07. The Labute approximate surface area is 134 Å². The highest BCUT2D eigenvalue weighted by molar-refractivity contribution is 5.85. The average molecular weight is 340 g/mol. The van der Waals surface area contributed by atoms with Crippen LogP contribution in [0.15, 0.2) is 16.9 Å². The van der Waals surface area contributed by atoms with Gasteiger partial charge in [-0.2, -0.15) is 5.10 Å². The van der Waals surface area contributed by atoms with Crippen LogP contribution in [0.2, 0.25) is 0 Å². The maximum Gasteiger partial charge on any atom is 0.305 e. The van der Waals surface area contributed by atoms with Crippen molar-refractivity contribution in [3.63, 3.8) is 0 Å². The molecule has 0 saturated heterocycles. The Morgan fingerprint density at radius 1 is 1.38 bits per heavy atom. The number of benzene rings is 1. The molecule has 0 radical (unpaired) electrons. The van der Waals surface area contributed by atoms with E-state index in [0.29, 0.717) is 10.2 Å². The first-order chi connectivity index (χ1) is 11.4. The van der Waals surface area contributed by atoms with Crippen molar-refractivity contribution in [2.24, 2.45) is 0 Å². The second-order valence-electron chi connectivity index (χ2n) is 5.88. The molecule has 1 heterocycles. The minimum absolute atomic E-state index is 0.0191. The third-order valence-electron chi connectivity index (χ3n) is 4.41. The van der Waals surface area contributed by atoms with Crippen LogP contribution in [0.1, 0.15) is 49.3 Å². The van der Waals surface area contributed by atoms with Gasteiger partial charge >= 0.3 is 5.97 Å². The topological polar surface area (TPSA) is 72.2 Å². The highest BCUT2D eigenvalue weighted by atomic mass is 19.3. The van der Waals surface area contributed by atoms with Crippen molar-refractivity contribution in [3.8, 4) is 0 Å². The second kappa shape index (κ2) is 6.26. The van der Waals surface area contributed by atoms with E-state index in [0.717, 1.165) is 19.3 Å². The number of aliphatic carboxylic acids is 1. The number of aromatic nitrogens is 2. The smallest absolute Gasteiger partial charge is 0.305 e. The zero-order chi connectivity index (χ0) is 17.4. The SMILES string of the molecule is O=C(O)CCn1nc(C(F)F)c2c(F)c(C3CCC3)ccc2c1=O. The van der Waals surface area contributed by atoms with Crippen molar-refractivity contribution in [2.45, 2.75) is 44.6 Å². The fraction of sp³-hybridized carbons (Fsp3) is 0.438. The van der Waals surface area contributed by atoms with Crippen molar-refractivity contribution < 1.29 is 23.1 Å². The van der Waals surface area contributed by atoms with E-state index in [1.54, 1.807) is 0 Å². The van der Waals surface area contributed by atoms with Gasteiger partial charge in [0.1, 0.15) is 11.5 Å². The summed E-state index contributed by atoms with van der Waals surface area (Å²) in [5.41, 5.74) is -1.26. The molecule has 1 aliphatic carbocycles. The van der Waals surface area contributed by atoms with Crippen LogP contribution in [0.4, 0.5) is 13.2 Å². The fourth-order valence-corrected chi connectivity index (χ4v) is 2.93. The third kappa shape index (κ3) is 2.76. The van der Waals surface area contributed by atoms with Gasteiger partial charge < -0.3 is 5.11 Å². The summed E-state index contributed by atoms with van der Waals surface area (Å²) in [5.74, 6) is -2.02. The monoisotopic (exact) mass is 340 g/mol. The number of carboxylic acids is 1. The average Bonchev–Trinajstić information content (AvgIpc) is 2.47. The highest BCUT2D eigenvalue weighted by Crippen LogP contribution is 2.40. The van der Waals surface area contributed by atoms with Crippen molar-refractivity contribution >= 4 is 16.7 Å². The molecule has 1 aliphatic rings. The van der Waals surface area contributed by atoms with Gasteiger partial charge in [0.2, 0.25) is 0 Å². The number of alkyl halides is 2. The van der Waals surface area contributed by atoms with E-state index < -0.39 is 41.3 Å². The molecule has 24 heavy (non-hydrogen) atoms. The Morgan fingerprint density at radius 3 is 2.62 bits per heavy atom. The van der Waals surface area contributed by atoms with Crippen LogP contribution in [0.25, 0.3) is 10.8 Å². The summed E-state index contributed by atoms with van der Waals surface area (Å²) in [4.78, 5) is 23.0. The van der Waals surface area contributed by atoms with E-state index in [-0.39, 0.29) is 17.8 Å². The summed E-state index contributed by atoms with van der Waals surface area (Å²) < 4.78 is 42.1. The largest absolute Gasteiger partial charge is 0.481 e.